The maximum Gasteiger partial charge on any atom is 0.270 e. The monoisotopic (exact) mass is 563 g/mol. The summed E-state index contributed by atoms with van der Waals surface area (Å²) < 4.78 is 34.6. The molecule has 3 rings (SSSR count). The lowest BCUT2D eigenvalue weighted by Gasteiger charge is -2.25. The molecule has 0 radical (unpaired) electrons. The third-order valence-corrected chi connectivity index (χ3v) is 7.98. The summed E-state index contributed by atoms with van der Waals surface area (Å²) in [7, 11) is -4.14. The molecule has 0 saturated heterocycles. The van der Waals surface area contributed by atoms with Gasteiger partial charge in [0.1, 0.15) is 5.75 Å². The summed E-state index contributed by atoms with van der Waals surface area (Å²) in [6.45, 7) is 5.99. The van der Waals surface area contributed by atoms with Crippen molar-refractivity contribution >= 4 is 49.1 Å². The van der Waals surface area contributed by atoms with Gasteiger partial charge in [0.05, 0.1) is 21.7 Å². The van der Waals surface area contributed by atoms with E-state index in [-0.39, 0.29) is 17.9 Å². The second-order valence-corrected chi connectivity index (χ2v) is 11.1. The number of hydrogen-bond acceptors (Lipinski definition) is 4. The molecule has 0 unspecified atom stereocenters. The van der Waals surface area contributed by atoms with Crippen molar-refractivity contribution in [2.24, 2.45) is 0 Å². The number of nitrogens with zero attached hydrogens (tertiary/aromatic N) is 1. The molecule has 0 aliphatic carbocycles. The van der Waals surface area contributed by atoms with E-state index in [0.717, 1.165) is 20.8 Å². The van der Waals surface area contributed by atoms with Crippen LogP contribution in [0.1, 0.15) is 36.5 Å². The van der Waals surface area contributed by atoms with E-state index >= 15 is 0 Å². The average Bonchev–Trinajstić information content (AvgIpc) is 2.80. The molecule has 0 saturated carbocycles. The number of halogens is 2. The smallest absolute Gasteiger partial charge is 0.270 e. The van der Waals surface area contributed by atoms with E-state index < -0.39 is 15.9 Å². The third kappa shape index (κ3) is 6.20. The average molecular weight is 565 g/mol. The van der Waals surface area contributed by atoms with E-state index in [2.05, 4.69) is 22.9 Å². The normalized spacial score (nSPS) is 11.3. The maximum atomic E-state index is 13.5. The van der Waals surface area contributed by atoms with Crippen LogP contribution < -0.4 is 9.04 Å². The number of carbonyl (C=O) groups excluding carboxylic acids is 1. The van der Waals surface area contributed by atoms with Crippen LogP contribution >= 0.6 is 27.5 Å². The number of anilines is 1. The Morgan fingerprint density at radius 3 is 2.38 bits per heavy atom. The van der Waals surface area contributed by atoms with E-state index in [9.17, 15) is 13.2 Å². The van der Waals surface area contributed by atoms with Crippen LogP contribution in [0.15, 0.2) is 70.0 Å². The Balaban J connectivity index is 1.81. The number of hydrogen-bond donors (Lipinski definition) is 0. The minimum absolute atomic E-state index is 0.00218. The highest BCUT2D eigenvalue weighted by Crippen LogP contribution is 2.30. The number of carbonyl (C=O) groups is 1. The first-order chi connectivity index (χ1) is 16.1. The molecule has 0 aromatic heterocycles. The third-order valence-electron chi connectivity index (χ3n) is 5.36. The van der Waals surface area contributed by atoms with Crippen LogP contribution in [0.3, 0.4) is 0 Å². The molecule has 0 heterocycles. The van der Waals surface area contributed by atoms with Crippen molar-refractivity contribution in [1.29, 1.82) is 0 Å². The molecule has 8 heteroatoms. The quantitative estimate of drug-likeness (QED) is 0.266. The molecule has 3 aromatic rings. The van der Waals surface area contributed by atoms with Gasteiger partial charge in [-0.3, -0.25) is 4.79 Å². The van der Waals surface area contributed by atoms with Gasteiger partial charge in [-0.2, -0.15) is 0 Å². The number of sulfonamides is 1. The van der Waals surface area contributed by atoms with Gasteiger partial charge in [0.2, 0.25) is 5.91 Å². The lowest BCUT2D eigenvalue weighted by molar-refractivity contribution is -0.117. The van der Waals surface area contributed by atoms with E-state index in [1.807, 2.05) is 37.3 Å². The standard InChI is InChI=1S/C26H27BrClNO4S/c1-4-20-9-14-25(23(27)17-20)33-15-5-6-26(30)29(24-16-18(2)7-8-19(24)3)34(31,32)22-12-10-21(28)11-13-22/h7-14,16-17H,4-6,15H2,1-3H3. The first-order valence-electron chi connectivity index (χ1n) is 11.0. The Hall–Kier alpha value is -2.35. The number of benzene rings is 3. The molecule has 0 spiro atoms. The largest absolute Gasteiger partial charge is 0.492 e. The SMILES string of the molecule is CCc1ccc(OCCCC(=O)N(c2cc(C)ccc2C)S(=O)(=O)c2ccc(Cl)cc2)c(Br)c1. The van der Waals surface area contributed by atoms with Crippen molar-refractivity contribution in [3.8, 4) is 5.75 Å². The summed E-state index contributed by atoms with van der Waals surface area (Å²) in [5, 5.41) is 0.416. The highest BCUT2D eigenvalue weighted by Gasteiger charge is 2.31. The second-order valence-electron chi connectivity index (χ2n) is 7.98. The zero-order valence-corrected chi connectivity index (χ0v) is 22.5. The lowest BCUT2D eigenvalue weighted by Crippen LogP contribution is -2.37. The molecule has 0 fully saturated rings. The molecular formula is C26H27BrClNO4S. The Morgan fingerprint density at radius 2 is 1.74 bits per heavy atom. The Kier molecular flexibility index (Phi) is 8.79. The van der Waals surface area contributed by atoms with Crippen molar-refractivity contribution in [2.45, 2.75) is 44.9 Å². The molecule has 0 aliphatic heterocycles. The molecule has 1 amide bonds. The fourth-order valence-corrected chi connectivity index (χ4v) is 5.61. The van der Waals surface area contributed by atoms with Gasteiger partial charge in [0.25, 0.3) is 10.0 Å². The number of rotatable bonds is 9. The number of amides is 1. The number of ether oxygens (including phenoxy) is 1. The lowest BCUT2D eigenvalue weighted by atomic mass is 10.1. The molecule has 5 nitrogen and oxygen atoms in total. The van der Waals surface area contributed by atoms with E-state index in [4.69, 9.17) is 16.3 Å². The van der Waals surface area contributed by atoms with Crippen molar-refractivity contribution in [2.75, 3.05) is 10.9 Å². The predicted molar refractivity (Wildman–Crippen MR) is 140 cm³/mol. The summed E-state index contributed by atoms with van der Waals surface area (Å²) in [5.74, 6) is 0.164. The number of aryl methyl sites for hydroxylation is 3. The van der Waals surface area contributed by atoms with Gasteiger partial charge >= 0.3 is 0 Å². The van der Waals surface area contributed by atoms with Gasteiger partial charge in [0.15, 0.2) is 0 Å². The molecule has 34 heavy (non-hydrogen) atoms. The molecule has 0 N–H and O–H groups in total. The topological polar surface area (TPSA) is 63.7 Å². The van der Waals surface area contributed by atoms with Crippen LogP contribution in [0, 0.1) is 13.8 Å². The van der Waals surface area contributed by atoms with E-state index in [1.165, 1.54) is 29.8 Å². The van der Waals surface area contributed by atoms with Gasteiger partial charge < -0.3 is 4.74 Å². The van der Waals surface area contributed by atoms with Crippen molar-refractivity contribution in [3.05, 3.63) is 86.8 Å². The van der Waals surface area contributed by atoms with Crippen LogP contribution in [-0.2, 0) is 21.2 Å². The zero-order chi connectivity index (χ0) is 24.9. The molecule has 0 atom stereocenters. The Labute approximate surface area is 214 Å². The van der Waals surface area contributed by atoms with Gasteiger partial charge in [0, 0.05) is 11.4 Å². The van der Waals surface area contributed by atoms with Gasteiger partial charge in [-0.1, -0.05) is 36.7 Å². The Bertz CT molecular complexity index is 1280. The molecule has 180 valence electrons. The summed E-state index contributed by atoms with van der Waals surface area (Å²) in [4.78, 5) is 13.3. The second kappa shape index (κ2) is 11.4. The van der Waals surface area contributed by atoms with E-state index in [0.29, 0.717) is 28.4 Å². The van der Waals surface area contributed by atoms with Crippen molar-refractivity contribution in [1.82, 2.24) is 0 Å². The van der Waals surface area contributed by atoms with E-state index in [1.54, 1.807) is 13.0 Å². The van der Waals surface area contributed by atoms with Gasteiger partial charge in [-0.15, -0.1) is 0 Å². The molecule has 0 aliphatic rings. The van der Waals surface area contributed by atoms with Crippen molar-refractivity contribution in [3.63, 3.8) is 0 Å². The summed E-state index contributed by atoms with van der Waals surface area (Å²) in [6.07, 6.45) is 1.28. The van der Waals surface area contributed by atoms with Gasteiger partial charge in [-0.05, 0) is 102 Å². The minimum Gasteiger partial charge on any atom is -0.492 e. The maximum absolute atomic E-state index is 13.5. The fourth-order valence-electron chi connectivity index (χ4n) is 3.44. The van der Waals surface area contributed by atoms with Crippen LogP contribution in [0.2, 0.25) is 5.02 Å². The summed E-state index contributed by atoms with van der Waals surface area (Å²) in [6, 6.07) is 17.1. The highest BCUT2D eigenvalue weighted by molar-refractivity contribution is 9.10. The minimum atomic E-state index is -4.14. The summed E-state index contributed by atoms with van der Waals surface area (Å²) >= 11 is 9.44. The van der Waals surface area contributed by atoms with Crippen LogP contribution in [0.4, 0.5) is 5.69 Å². The predicted octanol–water partition coefficient (Wildman–Crippen LogP) is 6.86. The molecule has 0 bridgehead atoms. The first-order valence-corrected chi connectivity index (χ1v) is 13.6. The summed E-state index contributed by atoms with van der Waals surface area (Å²) in [5.41, 5.74) is 3.07. The van der Waals surface area contributed by atoms with Gasteiger partial charge in [-0.25, -0.2) is 12.7 Å². The first kappa shape index (κ1) is 26.3. The fraction of sp³-hybridized carbons (Fsp3) is 0.269. The van der Waals surface area contributed by atoms with Crippen LogP contribution in [-0.4, -0.2) is 20.9 Å². The molecular weight excluding hydrogens is 538 g/mol. The van der Waals surface area contributed by atoms with Crippen molar-refractivity contribution < 1.29 is 17.9 Å². The zero-order valence-electron chi connectivity index (χ0n) is 19.3. The van der Waals surface area contributed by atoms with Crippen LogP contribution in [0.25, 0.3) is 0 Å². The molecule has 3 aromatic carbocycles. The van der Waals surface area contributed by atoms with Crippen LogP contribution in [0.5, 0.6) is 5.75 Å². The Morgan fingerprint density at radius 1 is 1.03 bits per heavy atom. The highest BCUT2D eigenvalue weighted by atomic mass is 79.9.